The van der Waals surface area contributed by atoms with Crippen molar-refractivity contribution in [1.82, 2.24) is 4.72 Å². The van der Waals surface area contributed by atoms with Crippen LogP contribution >= 0.6 is 0 Å². The SMILES string of the molecule is CC(Nc1ccc(NC(=O)c2cccc(S(=O)(=O)NCC3CCCO3)c2)cc1)c1ccccc1. The fourth-order valence-electron chi connectivity index (χ4n) is 3.82. The van der Waals surface area contributed by atoms with Crippen molar-refractivity contribution < 1.29 is 17.9 Å². The number of nitrogens with one attached hydrogen (secondary N) is 3. The van der Waals surface area contributed by atoms with Crippen LogP contribution in [0.4, 0.5) is 11.4 Å². The Morgan fingerprint density at radius 3 is 2.44 bits per heavy atom. The molecule has 4 rings (SSSR count). The number of hydrogen-bond acceptors (Lipinski definition) is 5. The molecule has 0 bridgehead atoms. The maximum Gasteiger partial charge on any atom is 0.255 e. The predicted molar refractivity (Wildman–Crippen MR) is 133 cm³/mol. The average molecular weight is 480 g/mol. The molecule has 178 valence electrons. The molecule has 34 heavy (non-hydrogen) atoms. The van der Waals surface area contributed by atoms with Crippen LogP contribution in [-0.2, 0) is 14.8 Å². The molecular weight excluding hydrogens is 450 g/mol. The van der Waals surface area contributed by atoms with Crippen LogP contribution in [0.5, 0.6) is 0 Å². The average Bonchev–Trinajstić information content (AvgIpc) is 3.38. The summed E-state index contributed by atoms with van der Waals surface area (Å²) in [6.45, 7) is 2.97. The van der Waals surface area contributed by atoms with Gasteiger partial charge in [0.25, 0.3) is 5.91 Å². The molecule has 3 N–H and O–H groups in total. The summed E-state index contributed by atoms with van der Waals surface area (Å²) in [5.41, 5.74) is 2.99. The van der Waals surface area contributed by atoms with Crippen LogP contribution in [0, 0.1) is 0 Å². The zero-order valence-electron chi connectivity index (χ0n) is 19.0. The fourth-order valence-corrected chi connectivity index (χ4v) is 4.94. The number of amides is 1. The Hall–Kier alpha value is -3.20. The molecule has 1 aliphatic rings. The van der Waals surface area contributed by atoms with E-state index >= 15 is 0 Å². The third-order valence-electron chi connectivity index (χ3n) is 5.76. The molecule has 1 aliphatic heterocycles. The van der Waals surface area contributed by atoms with Crippen LogP contribution in [0.1, 0.15) is 41.7 Å². The van der Waals surface area contributed by atoms with Crippen LogP contribution in [0.2, 0.25) is 0 Å². The summed E-state index contributed by atoms with van der Waals surface area (Å²) >= 11 is 0. The topological polar surface area (TPSA) is 96.5 Å². The van der Waals surface area contributed by atoms with Gasteiger partial charge in [0, 0.05) is 36.1 Å². The van der Waals surface area contributed by atoms with Crippen LogP contribution in [0.15, 0.2) is 83.8 Å². The summed E-state index contributed by atoms with van der Waals surface area (Å²) in [5, 5.41) is 6.26. The lowest BCUT2D eigenvalue weighted by molar-refractivity contribution is 0.102. The first-order valence-corrected chi connectivity index (χ1v) is 12.8. The molecule has 2 unspecified atom stereocenters. The van der Waals surface area contributed by atoms with Crippen LogP contribution in [0.3, 0.4) is 0 Å². The maximum atomic E-state index is 12.7. The zero-order valence-corrected chi connectivity index (χ0v) is 19.8. The molecule has 8 heteroatoms. The van der Waals surface area contributed by atoms with Crippen molar-refractivity contribution in [3.63, 3.8) is 0 Å². The van der Waals surface area contributed by atoms with Gasteiger partial charge in [0.05, 0.1) is 11.0 Å². The Morgan fingerprint density at radius 1 is 1.00 bits per heavy atom. The van der Waals surface area contributed by atoms with E-state index in [1.807, 2.05) is 42.5 Å². The molecule has 0 radical (unpaired) electrons. The quantitative estimate of drug-likeness (QED) is 0.418. The molecule has 1 saturated heterocycles. The Balaban J connectivity index is 1.37. The summed E-state index contributed by atoms with van der Waals surface area (Å²) in [4.78, 5) is 12.8. The summed E-state index contributed by atoms with van der Waals surface area (Å²) in [6, 6.07) is 23.7. The largest absolute Gasteiger partial charge is 0.379 e. The number of ether oxygens (including phenoxy) is 1. The number of carbonyl (C=O) groups excluding carboxylic acids is 1. The Kier molecular flexibility index (Phi) is 7.62. The highest BCUT2D eigenvalue weighted by atomic mass is 32.2. The molecule has 0 saturated carbocycles. The first-order valence-electron chi connectivity index (χ1n) is 11.3. The third kappa shape index (κ3) is 6.22. The van der Waals surface area contributed by atoms with Crippen molar-refractivity contribution in [2.45, 2.75) is 36.8 Å². The molecular formula is C26H29N3O4S. The number of sulfonamides is 1. The monoisotopic (exact) mass is 479 g/mol. The van der Waals surface area contributed by atoms with E-state index in [0.717, 1.165) is 18.5 Å². The minimum absolute atomic E-state index is 0.0487. The van der Waals surface area contributed by atoms with E-state index < -0.39 is 10.0 Å². The van der Waals surface area contributed by atoms with Gasteiger partial charge in [-0.25, -0.2) is 13.1 Å². The minimum atomic E-state index is -3.74. The van der Waals surface area contributed by atoms with Crippen molar-refractivity contribution in [2.24, 2.45) is 0 Å². The lowest BCUT2D eigenvalue weighted by atomic mass is 10.1. The van der Waals surface area contributed by atoms with Crippen LogP contribution in [0.25, 0.3) is 0 Å². The first kappa shape index (κ1) is 23.9. The summed E-state index contributed by atoms with van der Waals surface area (Å²) in [6.07, 6.45) is 1.67. The molecule has 0 aromatic heterocycles. The molecule has 7 nitrogen and oxygen atoms in total. The van der Waals surface area contributed by atoms with Crippen molar-refractivity contribution in [1.29, 1.82) is 0 Å². The molecule has 1 amide bonds. The van der Waals surface area contributed by atoms with E-state index in [0.29, 0.717) is 12.3 Å². The number of benzene rings is 3. The van der Waals surface area contributed by atoms with Crippen LogP contribution < -0.4 is 15.4 Å². The van der Waals surface area contributed by atoms with E-state index in [1.54, 1.807) is 12.1 Å². The van der Waals surface area contributed by atoms with Gasteiger partial charge in [-0.3, -0.25) is 4.79 Å². The second-order valence-corrected chi connectivity index (χ2v) is 10.1. The van der Waals surface area contributed by atoms with Gasteiger partial charge < -0.3 is 15.4 Å². The highest BCUT2D eigenvalue weighted by Gasteiger charge is 2.21. The molecule has 0 spiro atoms. The number of hydrogen-bond donors (Lipinski definition) is 3. The second kappa shape index (κ2) is 10.8. The first-order chi connectivity index (χ1) is 16.4. The Labute approximate surface area is 200 Å². The van der Waals surface area contributed by atoms with Gasteiger partial charge in [-0.05, 0) is 67.8 Å². The van der Waals surface area contributed by atoms with Gasteiger partial charge in [-0.15, -0.1) is 0 Å². The van der Waals surface area contributed by atoms with E-state index in [-0.39, 0.29) is 35.1 Å². The Morgan fingerprint density at radius 2 is 1.74 bits per heavy atom. The number of rotatable bonds is 9. The summed E-state index contributed by atoms with van der Waals surface area (Å²) in [5.74, 6) is -0.380. The molecule has 1 fully saturated rings. The normalized spacial score (nSPS) is 16.7. The van der Waals surface area contributed by atoms with E-state index in [1.165, 1.54) is 17.7 Å². The number of anilines is 2. The molecule has 1 heterocycles. The van der Waals surface area contributed by atoms with Gasteiger partial charge in [0.1, 0.15) is 0 Å². The van der Waals surface area contributed by atoms with Gasteiger partial charge in [-0.1, -0.05) is 36.4 Å². The van der Waals surface area contributed by atoms with Gasteiger partial charge in [0.2, 0.25) is 10.0 Å². The van der Waals surface area contributed by atoms with Gasteiger partial charge >= 0.3 is 0 Å². The molecule has 0 aliphatic carbocycles. The van der Waals surface area contributed by atoms with Crippen molar-refractivity contribution in [3.8, 4) is 0 Å². The van der Waals surface area contributed by atoms with Crippen molar-refractivity contribution in [2.75, 3.05) is 23.8 Å². The predicted octanol–water partition coefficient (Wildman–Crippen LogP) is 4.57. The second-order valence-electron chi connectivity index (χ2n) is 8.32. The maximum absolute atomic E-state index is 12.7. The van der Waals surface area contributed by atoms with E-state index in [2.05, 4.69) is 34.4 Å². The van der Waals surface area contributed by atoms with Crippen LogP contribution in [-0.4, -0.2) is 33.6 Å². The van der Waals surface area contributed by atoms with E-state index in [4.69, 9.17) is 4.74 Å². The fraction of sp³-hybridized carbons (Fsp3) is 0.269. The minimum Gasteiger partial charge on any atom is -0.379 e. The Bertz CT molecular complexity index is 1210. The summed E-state index contributed by atoms with van der Waals surface area (Å²) in [7, 11) is -3.74. The summed E-state index contributed by atoms with van der Waals surface area (Å²) < 4.78 is 33.3. The van der Waals surface area contributed by atoms with Crippen molar-refractivity contribution in [3.05, 3.63) is 90.0 Å². The smallest absolute Gasteiger partial charge is 0.255 e. The van der Waals surface area contributed by atoms with Gasteiger partial charge in [0.15, 0.2) is 0 Å². The van der Waals surface area contributed by atoms with E-state index in [9.17, 15) is 13.2 Å². The molecule has 3 aromatic carbocycles. The third-order valence-corrected chi connectivity index (χ3v) is 7.18. The molecule has 3 aromatic rings. The standard InChI is InChI=1S/C26H29N3O4S/c1-19(20-7-3-2-4-8-20)28-22-12-14-23(15-13-22)29-26(30)21-9-5-11-25(17-21)34(31,32)27-18-24-10-6-16-33-24/h2-5,7-9,11-15,17,19,24,27-28H,6,10,16,18H2,1H3,(H,29,30). The lowest BCUT2D eigenvalue weighted by Gasteiger charge is -2.16. The van der Waals surface area contributed by atoms with Gasteiger partial charge in [-0.2, -0.15) is 0 Å². The number of carbonyl (C=O) groups is 1. The highest BCUT2D eigenvalue weighted by molar-refractivity contribution is 7.89. The van der Waals surface area contributed by atoms with Crippen molar-refractivity contribution >= 4 is 27.3 Å². The molecule has 2 atom stereocenters. The highest BCUT2D eigenvalue weighted by Crippen LogP contribution is 2.21. The lowest BCUT2D eigenvalue weighted by Crippen LogP contribution is -2.32. The zero-order chi connectivity index (χ0) is 24.0.